The Labute approximate surface area is 116 Å². The van der Waals surface area contributed by atoms with Gasteiger partial charge in [-0.25, -0.2) is 4.98 Å². The first-order valence-electron chi connectivity index (χ1n) is 4.82. The topological polar surface area (TPSA) is 51.2 Å². The van der Waals surface area contributed by atoms with Crippen LogP contribution in [0.2, 0.25) is 0 Å². The molecule has 1 amide bonds. The fourth-order valence-electron chi connectivity index (χ4n) is 1.12. The summed E-state index contributed by atoms with van der Waals surface area (Å²) in [6.07, 6.45) is 1.64. The highest BCUT2D eigenvalue weighted by molar-refractivity contribution is 14.1. The lowest BCUT2D eigenvalue weighted by Gasteiger charge is -2.05. The Bertz CT molecular complexity index is 485. The molecule has 4 nitrogen and oxygen atoms in total. The van der Waals surface area contributed by atoms with Crippen LogP contribution in [0.15, 0.2) is 35.8 Å². The molecule has 0 aliphatic rings. The number of hydrogen-bond acceptors (Lipinski definition) is 4. The molecular weight excluding hydrogens is 351 g/mol. The molecule has 2 aromatic rings. The summed E-state index contributed by atoms with van der Waals surface area (Å²) in [6.45, 7) is -0.0137. The number of carbonyl (C=O) groups is 1. The van der Waals surface area contributed by atoms with E-state index in [2.05, 4.69) is 32.9 Å². The van der Waals surface area contributed by atoms with Crippen molar-refractivity contribution < 1.29 is 9.53 Å². The van der Waals surface area contributed by atoms with Crippen molar-refractivity contribution in [3.05, 3.63) is 39.4 Å². The highest BCUT2D eigenvalue weighted by Crippen LogP contribution is 2.14. The molecule has 0 atom stereocenters. The van der Waals surface area contributed by atoms with E-state index in [1.165, 1.54) is 11.3 Å². The lowest BCUT2D eigenvalue weighted by Crippen LogP contribution is -2.19. The molecular formula is C11H9IN2O2S. The summed E-state index contributed by atoms with van der Waals surface area (Å²) in [5.74, 6) is 0.471. The molecule has 2 rings (SSSR count). The summed E-state index contributed by atoms with van der Waals surface area (Å²) in [4.78, 5) is 15.4. The van der Waals surface area contributed by atoms with Crippen molar-refractivity contribution in [1.82, 2.24) is 4.98 Å². The molecule has 0 unspecified atom stereocenters. The molecule has 1 aromatic carbocycles. The van der Waals surface area contributed by atoms with E-state index >= 15 is 0 Å². The van der Waals surface area contributed by atoms with E-state index < -0.39 is 0 Å². The number of hydrogen-bond donors (Lipinski definition) is 1. The Morgan fingerprint density at radius 2 is 2.18 bits per heavy atom. The number of ether oxygens (including phenoxy) is 1. The third-order valence-corrected chi connectivity index (χ3v) is 3.27. The van der Waals surface area contributed by atoms with Crippen molar-refractivity contribution in [3.63, 3.8) is 0 Å². The zero-order chi connectivity index (χ0) is 12.1. The van der Waals surface area contributed by atoms with Crippen LogP contribution >= 0.6 is 33.9 Å². The first-order chi connectivity index (χ1) is 8.24. The normalized spacial score (nSPS) is 9.94. The van der Waals surface area contributed by atoms with Gasteiger partial charge in [0, 0.05) is 15.1 Å². The number of anilines is 1. The fraction of sp³-hybridized carbons (Fsp3) is 0.0909. The first-order valence-corrected chi connectivity index (χ1v) is 6.77. The number of carbonyl (C=O) groups excluding carboxylic acids is 1. The lowest BCUT2D eigenvalue weighted by molar-refractivity contribution is -0.118. The Kier molecular flexibility index (Phi) is 4.32. The number of nitrogens with zero attached hydrogens (tertiary/aromatic N) is 1. The number of amides is 1. The summed E-state index contributed by atoms with van der Waals surface area (Å²) < 4.78 is 6.46. The second kappa shape index (κ2) is 5.97. The van der Waals surface area contributed by atoms with Gasteiger partial charge in [0.15, 0.2) is 11.7 Å². The van der Waals surface area contributed by atoms with Crippen LogP contribution in [-0.4, -0.2) is 17.5 Å². The number of thiazole rings is 1. The van der Waals surface area contributed by atoms with Crippen molar-refractivity contribution in [1.29, 1.82) is 0 Å². The van der Waals surface area contributed by atoms with Gasteiger partial charge >= 0.3 is 0 Å². The smallest absolute Gasteiger partial charge is 0.264 e. The Hall–Kier alpha value is -1.15. The second-order valence-corrected chi connectivity index (χ2v) is 5.27. The van der Waals surface area contributed by atoms with Gasteiger partial charge in [-0.2, -0.15) is 0 Å². The maximum Gasteiger partial charge on any atom is 0.264 e. The zero-order valence-corrected chi connectivity index (χ0v) is 11.7. The number of nitrogens with one attached hydrogen (secondary N) is 1. The molecule has 0 saturated heterocycles. The van der Waals surface area contributed by atoms with Crippen LogP contribution in [0.1, 0.15) is 0 Å². The standard InChI is InChI=1S/C11H9IN2O2S/c12-8-1-3-9(4-2-8)16-7-10(15)14-11-13-5-6-17-11/h1-6H,7H2,(H,13,14,15). The van der Waals surface area contributed by atoms with Crippen molar-refractivity contribution in [2.24, 2.45) is 0 Å². The van der Waals surface area contributed by atoms with Gasteiger partial charge in [-0.05, 0) is 46.9 Å². The van der Waals surface area contributed by atoms with Gasteiger partial charge in [0.05, 0.1) is 0 Å². The van der Waals surface area contributed by atoms with Crippen molar-refractivity contribution in [2.75, 3.05) is 11.9 Å². The summed E-state index contributed by atoms with van der Waals surface area (Å²) in [5.41, 5.74) is 0. The Morgan fingerprint density at radius 1 is 1.41 bits per heavy atom. The van der Waals surface area contributed by atoms with Crippen LogP contribution in [0.25, 0.3) is 0 Å². The van der Waals surface area contributed by atoms with E-state index in [4.69, 9.17) is 4.74 Å². The molecule has 0 radical (unpaired) electrons. The Morgan fingerprint density at radius 3 is 2.82 bits per heavy atom. The minimum Gasteiger partial charge on any atom is -0.484 e. The molecule has 0 fully saturated rings. The third kappa shape index (κ3) is 3.97. The molecule has 0 bridgehead atoms. The lowest BCUT2D eigenvalue weighted by atomic mass is 10.3. The van der Waals surface area contributed by atoms with E-state index in [1.807, 2.05) is 24.3 Å². The van der Waals surface area contributed by atoms with Gasteiger partial charge in [0.2, 0.25) is 0 Å². The van der Waals surface area contributed by atoms with E-state index in [-0.39, 0.29) is 12.5 Å². The number of halogens is 1. The van der Waals surface area contributed by atoms with Gasteiger partial charge < -0.3 is 4.74 Å². The van der Waals surface area contributed by atoms with Crippen molar-refractivity contribution in [3.8, 4) is 5.75 Å². The zero-order valence-electron chi connectivity index (χ0n) is 8.72. The van der Waals surface area contributed by atoms with Crippen LogP contribution < -0.4 is 10.1 Å². The highest BCUT2D eigenvalue weighted by atomic mass is 127. The van der Waals surface area contributed by atoms with Gasteiger partial charge in [-0.3, -0.25) is 10.1 Å². The van der Waals surface area contributed by atoms with E-state index in [0.29, 0.717) is 10.9 Å². The van der Waals surface area contributed by atoms with Crippen LogP contribution in [0.4, 0.5) is 5.13 Å². The minimum absolute atomic E-state index is 0.0137. The number of aromatic nitrogens is 1. The van der Waals surface area contributed by atoms with E-state index in [9.17, 15) is 4.79 Å². The minimum atomic E-state index is -0.210. The average Bonchev–Trinajstić information content (AvgIpc) is 2.81. The SMILES string of the molecule is O=C(COc1ccc(I)cc1)Nc1nccs1. The summed E-state index contributed by atoms with van der Waals surface area (Å²) in [6, 6.07) is 7.51. The van der Waals surface area contributed by atoms with Crippen molar-refractivity contribution >= 4 is 45.0 Å². The summed E-state index contributed by atoms with van der Waals surface area (Å²) in [5, 5.41) is 5.03. The monoisotopic (exact) mass is 360 g/mol. The number of rotatable bonds is 4. The fourth-order valence-corrected chi connectivity index (χ4v) is 2.02. The van der Waals surface area contributed by atoms with Gasteiger partial charge in [0.25, 0.3) is 5.91 Å². The largest absolute Gasteiger partial charge is 0.484 e. The van der Waals surface area contributed by atoms with Gasteiger partial charge in [-0.1, -0.05) is 0 Å². The van der Waals surface area contributed by atoms with Gasteiger partial charge in [-0.15, -0.1) is 11.3 Å². The molecule has 1 heterocycles. The average molecular weight is 360 g/mol. The Balaban J connectivity index is 1.82. The molecule has 1 N–H and O–H groups in total. The molecule has 17 heavy (non-hydrogen) atoms. The molecule has 6 heteroatoms. The molecule has 0 aliphatic carbocycles. The molecule has 1 aromatic heterocycles. The van der Waals surface area contributed by atoms with Gasteiger partial charge in [0.1, 0.15) is 5.75 Å². The maximum absolute atomic E-state index is 11.5. The molecule has 88 valence electrons. The maximum atomic E-state index is 11.5. The van der Waals surface area contributed by atoms with E-state index in [0.717, 1.165) is 3.57 Å². The van der Waals surface area contributed by atoms with Crippen LogP contribution in [0.5, 0.6) is 5.75 Å². The molecule has 0 spiro atoms. The predicted molar refractivity (Wildman–Crippen MR) is 75.4 cm³/mol. The molecule has 0 aliphatic heterocycles. The first kappa shape index (κ1) is 12.3. The second-order valence-electron chi connectivity index (χ2n) is 3.13. The highest BCUT2D eigenvalue weighted by Gasteiger charge is 2.04. The summed E-state index contributed by atoms with van der Waals surface area (Å²) in [7, 11) is 0. The molecule has 0 saturated carbocycles. The number of benzene rings is 1. The van der Waals surface area contributed by atoms with E-state index in [1.54, 1.807) is 11.6 Å². The quantitative estimate of drug-likeness (QED) is 0.854. The van der Waals surface area contributed by atoms with Crippen LogP contribution in [0.3, 0.4) is 0 Å². The predicted octanol–water partition coefficient (Wildman–Crippen LogP) is 2.77. The van der Waals surface area contributed by atoms with Crippen LogP contribution in [-0.2, 0) is 4.79 Å². The third-order valence-electron chi connectivity index (χ3n) is 1.86. The van der Waals surface area contributed by atoms with Crippen LogP contribution in [0, 0.1) is 3.57 Å². The summed E-state index contributed by atoms with van der Waals surface area (Å²) >= 11 is 3.59. The van der Waals surface area contributed by atoms with Crippen molar-refractivity contribution in [2.45, 2.75) is 0 Å².